The zero-order chi connectivity index (χ0) is 18.5. The third kappa shape index (κ3) is 5.34. The summed E-state index contributed by atoms with van der Waals surface area (Å²) in [5.74, 6) is 1.30. The minimum atomic E-state index is -0.0356. The van der Waals surface area contributed by atoms with Gasteiger partial charge >= 0.3 is 0 Å². The quantitative estimate of drug-likeness (QED) is 0.678. The highest BCUT2D eigenvalue weighted by molar-refractivity contribution is 5.87. The molecule has 1 saturated heterocycles. The first-order valence-corrected chi connectivity index (χ1v) is 9.73. The van der Waals surface area contributed by atoms with Gasteiger partial charge in [0.25, 0.3) is 0 Å². The maximum Gasteiger partial charge on any atom is 0.242 e. The van der Waals surface area contributed by atoms with Crippen LogP contribution >= 0.6 is 0 Å². The van der Waals surface area contributed by atoms with Crippen LogP contribution < -0.4 is 0 Å². The Hall–Kier alpha value is -1.82. The van der Waals surface area contributed by atoms with E-state index in [4.69, 9.17) is 9.15 Å². The van der Waals surface area contributed by atoms with Crippen molar-refractivity contribution in [1.82, 2.24) is 9.80 Å². The average molecular weight is 362 g/mol. The minimum absolute atomic E-state index is 0.0356. The van der Waals surface area contributed by atoms with Crippen LogP contribution in [-0.4, -0.2) is 54.0 Å². The Labute approximate surface area is 155 Å². The van der Waals surface area contributed by atoms with Crippen LogP contribution in [0.4, 0.5) is 0 Å². The first kappa shape index (κ1) is 19.0. The lowest BCUT2D eigenvalue weighted by atomic mass is 10.2. The van der Waals surface area contributed by atoms with Crippen molar-refractivity contribution in [1.29, 1.82) is 0 Å². The van der Waals surface area contributed by atoms with Crippen molar-refractivity contribution in [3.63, 3.8) is 0 Å². The van der Waals surface area contributed by atoms with Crippen LogP contribution in [0.1, 0.15) is 45.3 Å². The normalized spacial score (nSPS) is 19.7. The SMILES string of the molecule is CC(C)CN(CC(=O)N(Cc1ccco1)C[C@H]1CCCO1)C(=O)C1CC1. The molecule has 0 bridgehead atoms. The topological polar surface area (TPSA) is 63.0 Å². The lowest BCUT2D eigenvalue weighted by Crippen LogP contribution is -2.46. The number of hydrogen-bond acceptors (Lipinski definition) is 4. The zero-order valence-electron chi connectivity index (χ0n) is 15.9. The van der Waals surface area contributed by atoms with Gasteiger partial charge in [-0.25, -0.2) is 0 Å². The average Bonchev–Trinajstić information content (AvgIpc) is 3.08. The molecule has 0 aromatic carbocycles. The Morgan fingerprint density at radius 1 is 1.23 bits per heavy atom. The molecule has 1 aliphatic heterocycles. The van der Waals surface area contributed by atoms with Crippen molar-refractivity contribution in [2.24, 2.45) is 11.8 Å². The van der Waals surface area contributed by atoms with E-state index < -0.39 is 0 Å². The molecule has 2 amide bonds. The van der Waals surface area contributed by atoms with Gasteiger partial charge in [-0.1, -0.05) is 13.8 Å². The lowest BCUT2D eigenvalue weighted by Gasteiger charge is -2.29. The van der Waals surface area contributed by atoms with E-state index in [0.29, 0.717) is 25.6 Å². The van der Waals surface area contributed by atoms with E-state index in [1.54, 1.807) is 16.1 Å². The number of hydrogen-bond donors (Lipinski definition) is 0. The van der Waals surface area contributed by atoms with Crippen molar-refractivity contribution in [3.05, 3.63) is 24.2 Å². The number of nitrogens with zero attached hydrogens (tertiary/aromatic N) is 2. The summed E-state index contributed by atoms with van der Waals surface area (Å²) in [6.07, 6.45) is 5.60. The predicted molar refractivity (Wildman–Crippen MR) is 97.2 cm³/mol. The second-order valence-electron chi connectivity index (χ2n) is 7.88. The number of carbonyl (C=O) groups is 2. The number of ether oxygens (including phenoxy) is 1. The fourth-order valence-corrected chi connectivity index (χ4v) is 3.40. The van der Waals surface area contributed by atoms with E-state index in [2.05, 4.69) is 13.8 Å². The second-order valence-corrected chi connectivity index (χ2v) is 7.88. The monoisotopic (exact) mass is 362 g/mol. The second kappa shape index (κ2) is 8.71. The molecule has 1 atom stereocenters. The molecule has 2 heterocycles. The summed E-state index contributed by atoms with van der Waals surface area (Å²) in [5.41, 5.74) is 0. The Bertz CT molecular complexity index is 589. The van der Waals surface area contributed by atoms with E-state index in [-0.39, 0.29) is 30.4 Å². The molecule has 2 fully saturated rings. The fraction of sp³-hybridized carbons (Fsp3) is 0.700. The van der Waals surface area contributed by atoms with Crippen molar-refractivity contribution >= 4 is 11.8 Å². The highest BCUT2D eigenvalue weighted by atomic mass is 16.5. The Morgan fingerprint density at radius 2 is 2.04 bits per heavy atom. The standard InChI is InChI=1S/C20H30N2O4/c1-15(2)11-22(20(24)16-7-8-16)14-19(23)21(12-17-5-3-9-25-17)13-18-6-4-10-26-18/h3,5,9,15-16,18H,4,6-8,10-14H2,1-2H3/t18-/m1/s1. The summed E-state index contributed by atoms with van der Waals surface area (Å²) < 4.78 is 11.1. The largest absolute Gasteiger partial charge is 0.467 e. The number of amides is 2. The van der Waals surface area contributed by atoms with E-state index >= 15 is 0 Å². The predicted octanol–water partition coefficient (Wildman–Crippen LogP) is 2.68. The maximum absolute atomic E-state index is 13.0. The molecule has 2 aliphatic rings. The number of rotatable bonds is 9. The van der Waals surface area contributed by atoms with Crippen LogP contribution in [0, 0.1) is 11.8 Å². The summed E-state index contributed by atoms with van der Waals surface area (Å²) in [4.78, 5) is 29.1. The van der Waals surface area contributed by atoms with Gasteiger partial charge in [-0.3, -0.25) is 9.59 Å². The molecule has 0 spiro atoms. The summed E-state index contributed by atoms with van der Waals surface area (Å²) in [5, 5.41) is 0. The molecular weight excluding hydrogens is 332 g/mol. The van der Waals surface area contributed by atoms with Gasteiger partial charge in [0.15, 0.2) is 0 Å². The minimum Gasteiger partial charge on any atom is -0.467 e. The summed E-state index contributed by atoms with van der Waals surface area (Å²) in [6, 6.07) is 3.70. The molecule has 6 nitrogen and oxygen atoms in total. The molecule has 0 radical (unpaired) electrons. The van der Waals surface area contributed by atoms with Crippen LogP contribution in [0.5, 0.6) is 0 Å². The van der Waals surface area contributed by atoms with Crippen molar-refractivity contribution < 1.29 is 18.7 Å². The molecule has 3 rings (SSSR count). The molecule has 6 heteroatoms. The summed E-state index contributed by atoms with van der Waals surface area (Å²) in [7, 11) is 0. The first-order valence-electron chi connectivity index (χ1n) is 9.73. The molecule has 144 valence electrons. The van der Waals surface area contributed by atoms with E-state index in [1.807, 2.05) is 12.1 Å². The van der Waals surface area contributed by atoms with E-state index in [1.165, 1.54) is 0 Å². The van der Waals surface area contributed by atoms with Crippen LogP contribution in [0.15, 0.2) is 22.8 Å². The summed E-state index contributed by atoms with van der Waals surface area (Å²) >= 11 is 0. The van der Waals surface area contributed by atoms with Crippen LogP contribution in [0.25, 0.3) is 0 Å². The van der Waals surface area contributed by atoms with Gasteiger partial charge in [-0.05, 0) is 43.7 Å². The highest BCUT2D eigenvalue weighted by Crippen LogP contribution is 2.31. The van der Waals surface area contributed by atoms with Gasteiger partial charge in [0, 0.05) is 25.6 Å². The summed E-state index contributed by atoms with van der Waals surface area (Å²) in [6.45, 7) is 6.63. The molecule has 1 aliphatic carbocycles. The number of carbonyl (C=O) groups excluding carboxylic acids is 2. The van der Waals surface area contributed by atoms with Crippen molar-refractivity contribution in [2.75, 3.05) is 26.2 Å². The van der Waals surface area contributed by atoms with E-state index in [9.17, 15) is 9.59 Å². The fourth-order valence-electron chi connectivity index (χ4n) is 3.40. The first-order chi connectivity index (χ1) is 12.5. The van der Waals surface area contributed by atoms with Crippen molar-refractivity contribution in [2.45, 2.75) is 52.2 Å². The van der Waals surface area contributed by atoms with Gasteiger partial charge in [0.05, 0.1) is 25.5 Å². The highest BCUT2D eigenvalue weighted by Gasteiger charge is 2.35. The number of furan rings is 1. The van der Waals surface area contributed by atoms with Gasteiger partial charge in [-0.2, -0.15) is 0 Å². The molecule has 26 heavy (non-hydrogen) atoms. The molecule has 1 saturated carbocycles. The third-order valence-electron chi connectivity index (χ3n) is 4.88. The van der Waals surface area contributed by atoms with Gasteiger partial charge < -0.3 is 19.0 Å². The zero-order valence-corrected chi connectivity index (χ0v) is 15.9. The smallest absolute Gasteiger partial charge is 0.242 e. The van der Waals surface area contributed by atoms with E-state index in [0.717, 1.165) is 38.1 Å². The third-order valence-corrected chi connectivity index (χ3v) is 4.88. The van der Waals surface area contributed by atoms with Crippen LogP contribution in [-0.2, 0) is 20.9 Å². The Morgan fingerprint density at radius 3 is 2.62 bits per heavy atom. The maximum atomic E-state index is 13.0. The van der Waals surface area contributed by atoms with Crippen molar-refractivity contribution in [3.8, 4) is 0 Å². The lowest BCUT2D eigenvalue weighted by molar-refractivity contribution is -0.143. The van der Waals surface area contributed by atoms with Gasteiger partial charge in [-0.15, -0.1) is 0 Å². The Balaban J connectivity index is 1.66. The van der Waals surface area contributed by atoms with Crippen LogP contribution in [0.2, 0.25) is 0 Å². The molecule has 0 N–H and O–H groups in total. The van der Waals surface area contributed by atoms with Gasteiger partial charge in [0.1, 0.15) is 5.76 Å². The molecule has 1 aromatic rings. The molecular formula is C20H30N2O4. The van der Waals surface area contributed by atoms with Gasteiger partial charge in [0.2, 0.25) is 11.8 Å². The molecule has 0 unspecified atom stereocenters. The molecule has 1 aromatic heterocycles. The Kier molecular flexibility index (Phi) is 6.35. The van der Waals surface area contributed by atoms with Crippen LogP contribution in [0.3, 0.4) is 0 Å².